The summed E-state index contributed by atoms with van der Waals surface area (Å²) in [6.07, 6.45) is 4.87. The fourth-order valence-electron chi connectivity index (χ4n) is 3.85. The fourth-order valence-corrected chi connectivity index (χ4v) is 3.85. The zero-order valence-corrected chi connectivity index (χ0v) is 11.5. The molecule has 3 nitrogen and oxygen atoms in total. The van der Waals surface area contributed by atoms with Crippen molar-refractivity contribution in [1.82, 2.24) is 14.8 Å². The van der Waals surface area contributed by atoms with Gasteiger partial charge in [0.25, 0.3) is 0 Å². The van der Waals surface area contributed by atoms with Crippen LogP contribution in [0.3, 0.4) is 0 Å². The van der Waals surface area contributed by atoms with Crippen molar-refractivity contribution in [2.24, 2.45) is 17.8 Å². The van der Waals surface area contributed by atoms with Crippen molar-refractivity contribution in [1.29, 1.82) is 0 Å². The molecule has 0 N–H and O–H groups in total. The highest BCUT2D eigenvalue weighted by Gasteiger charge is 2.41. The molecule has 1 aromatic heterocycles. The van der Waals surface area contributed by atoms with Gasteiger partial charge in [0.2, 0.25) is 0 Å². The zero-order chi connectivity index (χ0) is 12.7. The molecule has 3 heteroatoms. The second-order valence-corrected chi connectivity index (χ2v) is 6.70. The minimum absolute atomic E-state index is 0.919. The Morgan fingerprint density at radius 2 is 1.74 bits per heavy atom. The first-order chi connectivity index (χ1) is 9.37. The summed E-state index contributed by atoms with van der Waals surface area (Å²) in [5, 5.41) is 0. The first kappa shape index (κ1) is 11.9. The van der Waals surface area contributed by atoms with Crippen molar-refractivity contribution >= 4 is 0 Å². The molecule has 0 bridgehead atoms. The van der Waals surface area contributed by atoms with E-state index in [1.165, 1.54) is 51.3 Å². The Labute approximate surface area is 115 Å². The average molecular weight is 257 g/mol. The van der Waals surface area contributed by atoms with Crippen LogP contribution in [0.5, 0.6) is 0 Å². The molecule has 0 unspecified atom stereocenters. The summed E-state index contributed by atoms with van der Waals surface area (Å²) in [7, 11) is 0. The number of hydrogen-bond donors (Lipinski definition) is 0. The van der Waals surface area contributed by atoms with E-state index < -0.39 is 0 Å². The van der Waals surface area contributed by atoms with E-state index >= 15 is 0 Å². The molecule has 0 spiro atoms. The van der Waals surface area contributed by atoms with E-state index in [-0.39, 0.29) is 0 Å². The van der Waals surface area contributed by atoms with Crippen LogP contribution in [0.25, 0.3) is 0 Å². The van der Waals surface area contributed by atoms with Gasteiger partial charge in [-0.05, 0) is 42.7 Å². The van der Waals surface area contributed by atoms with Gasteiger partial charge in [0.05, 0.1) is 5.69 Å². The van der Waals surface area contributed by atoms with Crippen LogP contribution in [-0.2, 0) is 6.54 Å². The monoisotopic (exact) mass is 257 g/mol. The van der Waals surface area contributed by atoms with E-state index in [0.717, 1.165) is 24.3 Å². The smallest absolute Gasteiger partial charge is 0.0543 e. The molecule has 2 saturated heterocycles. The van der Waals surface area contributed by atoms with Crippen molar-refractivity contribution < 1.29 is 0 Å². The summed E-state index contributed by atoms with van der Waals surface area (Å²) in [5.74, 6) is 2.88. The SMILES string of the molecule is c1ccc(CN2C[C@@H]3CN(CC4CC4)C[C@@H]3C2)nc1. The molecule has 19 heavy (non-hydrogen) atoms. The summed E-state index contributed by atoms with van der Waals surface area (Å²) in [5.41, 5.74) is 1.22. The molecule has 1 aromatic rings. The van der Waals surface area contributed by atoms with Gasteiger partial charge in [-0.25, -0.2) is 0 Å². The van der Waals surface area contributed by atoms with Crippen LogP contribution in [-0.4, -0.2) is 47.5 Å². The number of fused-ring (bicyclic) bond motifs is 1. The number of likely N-dealkylation sites (tertiary alicyclic amines) is 2. The molecule has 102 valence electrons. The first-order valence-corrected chi connectivity index (χ1v) is 7.71. The van der Waals surface area contributed by atoms with Crippen LogP contribution in [0, 0.1) is 17.8 Å². The number of rotatable bonds is 4. The Hall–Kier alpha value is -0.930. The van der Waals surface area contributed by atoms with E-state index in [9.17, 15) is 0 Å². The van der Waals surface area contributed by atoms with Crippen LogP contribution in [0.1, 0.15) is 18.5 Å². The molecule has 2 atom stereocenters. The van der Waals surface area contributed by atoms with Crippen molar-refractivity contribution in [3.05, 3.63) is 30.1 Å². The summed E-state index contributed by atoms with van der Waals surface area (Å²) in [6, 6.07) is 6.24. The van der Waals surface area contributed by atoms with Gasteiger partial charge >= 0.3 is 0 Å². The highest BCUT2D eigenvalue weighted by Crippen LogP contribution is 2.36. The number of aromatic nitrogens is 1. The number of pyridine rings is 1. The second kappa shape index (κ2) is 4.88. The molecular weight excluding hydrogens is 234 g/mol. The molecular formula is C16H23N3. The van der Waals surface area contributed by atoms with E-state index in [2.05, 4.69) is 26.9 Å². The lowest BCUT2D eigenvalue weighted by molar-refractivity contribution is 0.244. The Kier molecular flexibility index (Phi) is 3.04. The molecule has 3 fully saturated rings. The van der Waals surface area contributed by atoms with Gasteiger partial charge in [-0.3, -0.25) is 9.88 Å². The zero-order valence-electron chi connectivity index (χ0n) is 11.5. The molecule has 1 saturated carbocycles. The van der Waals surface area contributed by atoms with Gasteiger partial charge in [-0.15, -0.1) is 0 Å². The summed E-state index contributed by atoms with van der Waals surface area (Å²) >= 11 is 0. The molecule has 3 heterocycles. The Bertz CT molecular complexity index is 415. The summed E-state index contributed by atoms with van der Waals surface area (Å²) in [4.78, 5) is 9.78. The van der Waals surface area contributed by atoms with Crippen LogP contribution >= 0.6 is 0 Å². The van der Waals surface area contributed by atoms with Gasteiger partial charge in [-0.2, -0.15) is 0 Å². The van der Waals surface area contributed by atoms with Gasteiger partial charge in [0.15, 0.2) is 0 Å². The maximum Gasteiger partial charge on any atom is 0.0543 e. The largest absolute Gasteiger partial charge is 0.302 e. The molecule has 0 aromatic carbocycles. The predicted molar refractivity (Wildman–Crippen MR) is 75.7 cm³/mol. The third kappa shape index (κ3) is 2.67. The lowest BCUT2D eigenvalue weighted by Crippen LogP contribution is -2.30. The normalized spacial score (nSPS) is 31.8. The van der Waals surface area contributed by atoms with Crippen molar-refractivity contribution in [2.45, 2.75) is 19.4 Å². The highest BCUT2D eigenvalue weighted by atomic mass is 15.2. The third-order valence-electron chi connectivity index (χ3n) is 4.96. The first-order valence-electron chi connectivity index (χ1n) is 7.71. The summed E-state index contributed by atoms with van der Waals surface area (Å²) in [6.45, 7) is 7.67. The minimum atomic E-state index is 0.919. The van der Waals surface area contributed by atoms with Gasteiger partial charge in [-0.1, -0.05) is 6.07 Å². The Morgan fingerprint density at radius 3 is 2.37 bits per heavy atom. The second-order valence-electron chi connectivity index (χ2n) is 6.70. The van der Waals surface area contributed by atoms with E-state index in [4.69, 9.17) is 0 Å². The molecule has 2 aliphatic heterocycles. The van der Waals surface area contributed by atoms with Crippen molar-refractivity contribution in [3.8, 4) is 0 Å². The Morgan fingerprint density at radius 1 is 1.00 bits per heavy atom. The van der Waals surface area contributed by atoms with Crippen LogP contribution in [0.4, 0.5) is 0 Å². The number of nitrogens with zero attached hydrogens (tertiary/aromatic N) is 3. The van der Waals surface area contributed by atoms with Crippen molar-refractivity contribution in [3.63, 3.8) is 0 Å². The molecule has 1 aliphatic carbocycles. The van der Waals surface area contributed by atoms with E-state index in [1.807, 2.05) is 12.3 Å². The van der Waals surface area contributed by atoms with Crippen LogP contribution in [0.2, 0.25) is 0 Å². The average Bonchev–Trinajstić information content (AvgIpc) is 3.02. The van der Waals surface area contributed by atoms with Gasteiger partial charge < -0.3 is 4.90 Å². The molecule has 4 rings (SSSR count). The maximum absolute atomic E-state index is 4.45. The minimum Gasteiger partial charge on any atom is -0.302 e. The highest BCUT2D eigenvalue weighted by molar-refractivity contribution is 5.04. The van der Waals surface area contributed by atoms with Crippen molar-refractivity contribution in [2.75, 3.05) is 32.7 Å². The lowest BCUT2D eigenvalue weighted by atomic mass is 10.0. The maximum atomic E-state index is 4.45. The van der Waals surface area contributed by atoms with Crippen LogP contribution in [0.15, 0.2) is 24.4 Å². The fraction of sp³-hybridized carbons (Fsp3) is 0.688. The predicted octanol–water partition coefficient (Wildman–Crippen LogP) is 1.86. The van der Waals surface area contributed by atoms with E-state index in [0.29, 0.717) is 0 Å². The van der Waals surface area contributed by atoms with Gasteiger partial charge in [0, 0.05) is 45.5 Å². The standard InChI is InChI=1S/C16H23N3/c1-2-6-17-16(3-1)12-19-10-14-8-18(7-13-4-5-13)9-15(14)11-19/h1-3,6,13-15H,4-5,7-12H2/t14-,15+. The summed E-state index contributed by atoms with van der Waals surface area (Å²) < 4.78 is 0. The molecule has 0 amide bonds. The third-order valence-corrected chi connectivity index (χ3v) is 4.96. The van der Waals surface area contributed by atoms with Crippen LogP contribution < -0.4 is 0 Å². The number of hydrogen-bond acceptors (Lipinski definition) is 3. The Balaban J connectivity index is 1.30. The van der Waals surface area contributed by atoms with Gasteiger partial charge in [0.1, 0.15) is 0 Å². The quantitative estimate of drug-likeness (QED) is 0.820. The lowest BCUT2D eigenvalue weighted by Gasteiger charge is -2.20. The molecule has 3 aliphatic rings. The van der Waals surface area contributed by atoms with E-state index in [1.54, 1.807) is 0 Å². The topological polar surface area (TPSA) is 19.4 Å². The molecule has 0 radical (unpaired) electrons.